The van der Waals surface area contributed by atoms with Gasteiger partial charge in [0.1, 0.15) is 15.9 Å². The Balaban J connectivity index is 1.64. The molecule has 0 amide bonds. The molecule has 2 aromatic carbocycles. The molecule has 2 heterocycles. The molecule has 9 heteroatoms. The number of sulfonamides is 1. The largest absolute Gasteiger partial charge is 0.346 e. The van der Waals surface area contributed by atoms with Crippen molar-refractivity contribution >= 4 is 49.4 Å². The molecule has 0 atom stereocenters. The molecule has 140 valence electrons. The standard InChI is InChI=1S/C18H19N5O2S2/c1-22(2)10-11-23-9-8-13-12-14(6-7-16(13)23)21-27(24,25)17-5-3-4-15-18(17)20-26-19-15/h3-9,12,21H,10-11H2,1-2H3. The predicted molar refractivity (Wildman–Crippen MR) is 109 cm³/mol. The third-order valence-corrected chi connectivity index (χ3v) is 6.31. The van der Waals surface area contributed by atoms with E-state index in [1.807, 2.05) is 38.5 Å². The van der Waals surface area contributed by atoms with E-state index in [0.29, 0.717) is 16.7 Å². The molecule has 0 radical (unpaired) electrons. The Bertz CT molecular complexity index is 1210. The lowest BCUT2D eigenvalue weighted by atomic mass is 10.2. The fourth-order valence-corrected chi connectivity index (χ4v) is 4.79. The Hall–Kier alpha value is -2.49. The number of fused-ring (bicyclic) bond motifs is 2. The topological polar surface area (TPSA) is 80.1 Å². The molecule has 4 aromatic rings. The maximum absolute atomic E-state index is 12.8. The van der Waals surface area contributed by atoms with Crippen molar-refractivity contribution in [1.82, 2.24) is 18.2 Å². The van der Waals surface area contributed by atoms with Crippen LogP contribution in [0, 0.1) is 0 Å². The summed E-state index contributed by atoms with van der Waals surface area (Å²) in [6.07, 6.45) is 2.02. The summed E-state index contributed by atoms with van der Waals surface area (Å²) in [5.41, 5.74) is 2.57. The first-order valence-corrected chi connectivity index (χ1v) is 10.6. The molecule has 0 bridgehead atoms. The molecule has 7 nitrogen and oxygen atoms in total. The minimum atomic E-state index is -3.75. The van der Waals surface area contributed by atoms with Crippen LogP contribution in [0.3, 0.4) is 0 Å². The van der Waals surface area contributed by atoms with Crippen molar-refractivity contribution < 1.29 is 8.42 Å². The van der Waals surface area contributed by atoms with Crippen LogP contribution in [0.5, 0.6) is 0 Å². The van der Waals surface area contributed by atoms with Crippen LogP contribution in [0.4, 0.5) is 5.69 Å². The molecule has 27 heavy (non-hydrogen) atoms. The van der Waals surface area contributed by atoms with Crippen molar-refractivity contribution in [3.05, 3.63) is 48.7 Å². The molecular weight excluding hydrogens is 382 g/mol. The van der Waals surface area contributed by atoms with Crippen molar-refractivity contribution in [2.45, 2.75) is 11.4 Å². The van der Waals surface area contributed by atoms with E-state index in [9.17, 15) is 8.42 Å². The molecule has 4 rings (SSSR count). The Morgan fingerprint density at radius 3 is 2.81 bits per heavy atom. The number of likely N-dealkylation sites (N-methyl/N-ethyl adjacent to an activating group) is 1. The van der Waals surface area contributed by atoms with Crippen molar-refractivity contribution in [1.29, 1.82) is 0 Å². The van der Waals surface area contributed by atoms with Gasteiger partial charge in [-0.1, -0.05) is 6.07 Å². The number of nitrogens with one attached hydrogen (secondary N) is 1. The smallest absolute Gasteiger partial charge is 0.264 e. The maximum Gasteiger partial charge on any atom is 0.264 e. The molecule has 0 spiro atoms. The van der Waals surface area contributed by atoms with Gasteiger partial charge in [0.2, 0.25) is 0 Å². The highest BCUT2D eigenvalue weighted by Crippen LogP contribution is 2.26. The quantitative estimate of drug-likeness (QED) is 0.537. The zero-order valence-electron chi connectivity index (χ0n) is 15.0. The fourth-order valence-electron chi connectivity index (χ4n) is 2.97. The summed E-state index contributed by atoms with van der Waals surface area (Å²) in [5.74, 6) is 0. The van der Waals surface area contributed by atoms with Gasteiger partial charge in [0, 0.05) is 35.9 Å². The molecule has 0 unspecified atom stereocenters. The van der Waals surface area contributed by atoms with E-state index < -0.39 is 10.0 Å². The van der Waals surface area contributed by atoms with Crippen LogP contribution in [0.2, 0.25) is 0 Å². The summed E-state index contributed by atoms with van der Waals surface area (Å²) in [6.45, 7) is 1.81. The molecule has 0 aliphatic rings. The number of nitrogens with zero attached hydrogens (tertiary/aromatic N) is 4. The third kappa shape index (κ3) is 3.53. The Morgan fingerprint density at radius 2 is 2.00 bits per heavy atom. The molecule has 0 aliphatic heterocycles. The van der Waals surface area contributed by atoms with Gasteiger partial charge in [-0.25, -0.2) is 8.42 Å². The van der Waals surface area contributed by atoms with Crippen LogP contribution < -0.4 is 4.72 Å². The average Bonchev–Trinajstić information content (AvgIpc) is 3.25. The van der Waals surface area contributed by atoms with Gasteiger partial charge in [0.15, 0.2) is 0 Å². The van der Waals surface area contributed by atoms with Crippen LogP contribution in [-0.4, -0.2) is 47.3 Å². The van der Waals surface area contributed by atoms with Crippen LogP contribution in [-0.2, 0) is 16.6 Å². The van der Waals surface area contributed by atoms with E-state index in [-0.39, 0.29) is 4.90 Å². The first-order valence-electron chi connectivity index (χ1n) is 8.42. The van der Waals surface area contributed by atoms with Gasteiger partial charge in [-0.2, -0.15) is 8.75 Å². The summed E-state index contributed by atoms with van der Waals surface area (Å²) < 4.78 is 38.7. The van der Waals surface area contributed by atoms with Crippen LogP contribution in [0.15, 0.2) is 53.6 Å². The summed E-state index contributed by atoms with van der Waals surface area (Å²) in [7, 11) is 0.325. The molecule has 0 saturated heterocycles. The predicted octanol–water partition coefficient (Wildman–Crippen LogP) is 3.01. The Kier molecular flexibility index (Phi) is 4.58. The Morgan fingerprint density at radius 1 is 1.15 bits per heavy atom. The van der Waals surface area contributed by atoms with Crippen LogP contribution >= 0.6 is 11.7 Å². The molecule has 0 fully saturated rings. The SMILES string of the molecule is CN(C)CCn1ccc2cc(NS(=O)(=O)c3cccc4nsnc34)ccc21. The summed E-state index contributed by atoms with van der Waals surface area (Å²) in [6, 6.07) is 12.5. The second kappa shape index (κ2) is 6.91. The average molecular weight is 402 g/mol. The summed E-state index contributed by atoms with van der Waals surface area (Å²) in [5, 5.41) is 0.988. The number of anilines is 1. The second-order valence-electron chi connectivity index (χ2n) is 6.58. The van der Waals surface area contributed by atoms with E-state index >= 15 is 0 Å². The molecule has 0 aliphatic carbocycles. The van der Waals surface area contributed by atoms with Crippen molar-refractivity contribution in [2.24, 2.45) is 0 Å². The number of rotatable bonds is 6. The zero-order chi connectivity index (χ0) is 19.0. The van der Waals surface area contributed by atoms with Gasteiger partial charge >= 0.3 is 0 Å². The first kappa shape index (κ1) is 17.9. The minimum Gasteiger partial charge on any atom is -0.346 e. The summed E-state index contributed by atoms with van der Waals surface area (Å²) >= 11 is 1.00. The van der Waals surface area contributed by atoms with Crippen LogP contribution in [0.25, 0.3) is 21.9 Å². The van der Waals surface area contributed by atoms with Crippen molar-refractivity contribution in [2.75, 3.05) is 25.4 Å². The highest BCUT2D eigenvalue weighted by atomic mass is 32.2. The van der Waals surface area contributed by atoms with Gasteiger partial charge in [-0.3, -0.25) is 4.72 Å². The normalized spacial score (nSPS) is 12.3. The fraction of sp³-hybridized carbons (Fsp3) is 0.222. The number of aromatic nitrogens is 3. The maximum atomic E-state index is 12.8. The third-order valence-electron chi connectivity index (χ3n) is 4.35. The highest BCUT2D eigenvalue weighted by molar-refractivity contribution is 7.93. The lowest BCUT2D eigenvalue weighted by Crippen LogP contribution is -2.17. The Labute approximate surface area is 161 Å². The number of hydrogen-bond acceptors (Lipinski definition) is 6. The van der Waals surface area contributed by atoms with E-state index in [4.69, 9.17) is 0 Å². The van der Waals surface area contributed by atoms with E-state index in [0.717, 1.165) is 35.7 Å². The van der Waals surface area contributed by atoms with E-state index in [1.165, 1.54) is 0 Å². The van der Waals surface area contributed by atoms with Crippen LogP contribution in [0.1, 0.15) is 0 Å². The summed E-state index contributed by atoms with van der Waals surface area (Å²) in [4.78, 5) is 2.26. The lowest BCUT2D eigenvalue weighted by molar-refractivity contribution is 0.387. The number of benzene rings is 2. The second-order valence-corrected chi connectivity index (χ2v) is 8.76. The zero-order valence-corrected chi connectivity index (χ0v) is 16.6. The minimum absolute atomic E-state index is 0.136. The molecule has 2 aromatic heterocycles. The highest BCUT2D eigenvalue weighted by Gasteiger charge is 2.20. The molecule has 1 N–H and O–H groups in total. The first-order chi connectivity index (χ1) is 12.9. The monoisotopic (exact) mass is 401 g/mol. The molecule has 0 saturated carbocycles. The lowest BCUT2D eigenvalue weighted by Gasteiger charge is -2.12. The van der Waals surface area contributed by atoms with Gasteiger partial charge in [-0.15, -0.1) is 0 Å². The number of hydrogen-bond donors (Lipinski definition) is 1. The van der Waals surface area contributed by atoms with Crippen molar-refractivity contribution in [3.63, 3.8) is 0 Å². The molecular formula is C18H19N5O2S2. The van der Waals surface area contributed by atoms with Gasteiger partial charge in [0.05, 0.1) is 11.7 Å². The van der Waals surface area contributed by atoms with E-state index in [1.54, 1.807) is 24.3 Å². The van der Waals surface area contributed by atoms with Gasteiger partial charge < -0.3 is 9.47 Å². The van der Waals surface area contributed by atoms with Crippen molar-refractivity contribution in [3.8, 4) is 0 Å². The van der Waals surface area contributed by atoms with Gasteiger partial charge in [-0.05, 0) is 50.5 Å². The van der Waals surface area contributed by atoms with Gasteiger partial charge in [0.25, 0.3) is 10.0 Å². The van der Waals surface area contributed by atoms with E-state index in [2.05, 4.69) is 22.9 Å².